The van der Waals surface area contributed by atoms with E-state index in [1.54, 1.807) is 23.6 Å². The number of carbonyl (C=O) groups excluding carboxylic acids is 3. The minimum atomic E-state index is -1.14. The van der Waals surface area contributed by atoms with E-state index in [4.69, 9.17) is 11.6 Å². The van der Waals surface area contributed by atoms with Crippen molar-refractivity contribution in [3.8, 4) is 0 Å². The van der Waals surface area contributed by atoms with Gasteiger partial charge in [-0.05, 0) is 38.0 Å². The predicted octanol–water partition coefficient (Wildman–Crippen LogP) is 1.33. The lowest BCUT2D eigenvalue weighted by Crippen LogP contribution is -2.55. The normalized spacial score (nSPS) is 15.0. The Hall–Kier alpha value is -2.08. The number of rotatable bonds is 6. The van der Waals surface area contributed by atoms with Crippen molar-refractivity contribution < 1.29 is 14.4 Å². The third-order valence-electron chi connectivity index (χ3n) is 4.47. The molecule has 1 aliphatic heterocycles. The average Bonchev–Trinajstić information content (AvgIpc) is 2.62. The molecule has 1 heterocycles. The monoisotopic (exact) mass is 365 g/mol. The summed E-state index contributed by atoms with van der Waals surface area (Å²) in [6, 6.07) is 7.45. The molecular formula is C18H24ClN3O3. The quantitative estimate of drug-likeness (QED) is 0.610. The van der Waals surface area contributed by atoms with Crippen LogP contribution in [0.25, 0.3) is 0 Å². The van der Waals surface area contributed by atoms with Gasteiger partial charge >= 0.3 is 0 Å². The van der Waals surface area contributed by atoms with Gasteiger partial charge < -0.3 is 15.1 Å². The molecule has 2 rings (SSSR count). The maximum Gasteiger partial charge on any atom is 0.237 e. The van der Waals surface area contributed by atoms with Crippen LogP contribution in [0.5, 0.6) is 0 Å². The van der Waals surface area contributed by atoms with E-state index in [0.717, 1.165) is 12.0 Å². The van der Waals surface area contributed by atoms with Crippen molar-refractivity contribution in [2.75, 3.05) is 32.7 Å². The van der Waals surface area contributed by atoms with Crippen molar-refractivity contribution in [2.24, 2.45) is 5.41 Å². The van der Waals surface area contributed by atoms with E-state index < -0.39 is 5.41 Å². The molecule has 0 atom stereocenters. The summed E-state index contributed by atoms with van der Waals surface area (Å²) < 4.78 is 0. The molecule has 1 aliphatic rings. The molecule has 0 radical (unpaired) electrons. The van der Waals surface area contributed by atoms with Gasteiger partial charge in [-0.15, -0.1) is 0 Å². The first-order valence-corrected chi connectivity index (χ1v) is 8.74. The molecule has 1 saturated heterocycles. The third kappa shape index (κ3) is 4.95. The first kappa shape index (κ1) is 19.2. The molecule has 0 aliphatic carbocycles. The van der Waals surface area contributed by atoms with Crippen molar-refractivity contribution in [3.63, 3.8) is 0 Å². The molecule has 3 amide bonds. The lowest BCUT2D eigenvalue weighted by atomic mass is 9.90. The molecule has 25 heavy (non-hydrogen) atoms. The highest BCUT2D eigenvalue weighted by atomic mass is 35.5. The van der Waals surface area contributed by atoms with Crippen LogP contribution in [0.4, 0.5) is 0 Å². The van der Waals surface area contributed by atoms with E-state index in [1.807, 2.05) is 24.3 Å². The summed E-state index contributed by atoms with van der Waals surface area (Å²) in [5.41, 5.74) is -0.0672. The summed E-state index contributed by atoms with van der Waals surface area (Å²) >= 11 is 5.85. The van der Waals surface area contributed by atoms with Gasteiger partial charge in [-0.25, -0.2) is 0 Å². The van der Waals surface area contributed by atoms with Crippen molar-refractivity contribution >= 4 is 29.8 Å². The minimum absolute atomic E-state index is 0.206. The fraction of sp³-hybridized carbons (Fsp3) is 0.500. The van der Waals surface area contributed by atoms with E-state index in [1.165, 1.54) is 0 Å². The summed E-state index contributed by atoms with van der Waals surface area (Å²) in [5.74, 6) is -0.494. The molecule has 7 heteroatoms. The van der Waals surface area contributed by atoms with Gasteiger partial charge in [-0.2, -0.15) is 0 Å². The first-order valence-electron chi connectivity index (χ1n) is 8.36. The van der Waals surface area contributed by atoms with Crippen LogP contribution in [0.15, 0.2) is 24.3 Å². The van der Waals surface area contributed by atoms with Gasteiger partial charge in [-0.1, -0.05) is 23.7 Å². The van der Waals surface area contributed by atoms with Gasteiger partial charge in [-0.3, -0.25) is 14.4 Å². The van der Waals surface area contributed by atoms with E-state index in [0.29, 0.717) is 44.2 Å². The standard InChI is InChI=1S/C18H24ClN3O3/c1-18(2,17(25)22-11-9-21(13-23)10-12-22)16(24)20-8-7-14-3-5-15(19)6-4-14/h3-6,13H,7-12H2,1-2H3,(H,20,24). The number of nitrogens with one attached hydrogen (secondary N) is 1. The molecule has 6 nitrogen and oxygen atoms in total. The topological polar surface area (TPSA) is 69.7 Å². The molecule has 1 aromatic carbocycles. The number of piperazine rings is 1. The SMILES string of the molecule is CC(C)(C(=O)NCCc1ccc(Cl)cc1)C(=O)N1CCN(C=O)CC1. The zero-order valence-electron chi connectivity index (χ0n) is 14.6. The second-order valence-electron chi connectivity index (χ2n) is 6.69. The fourth-order valence-corrected chi connectivity index (χ4v) is 2.84. The molecule has 0 bridgehead atoms. The average molecular weight is 366 g/mol. The van der Waals surface area contributed by atoms with Crippen LogP contribution >= 0.6 is 11.6 Å². The largest absolute Gasteiger partial charge is 0.355 e. The Morgan fingerprint density at radius 2 is 1.76 bits per heavy atom. The summed E-state index contributed by atoms with van der Waals surface area (Å²) in [4.78, 5) is 39.2. The number of halogens is 1. The van der Waals surface area contributed by atoms with Crippen molar-refractivity contribution in [3.05, 3.63) is 34.9 Å². The summed E-state index contributed by atoms with van der Waals surface area (Å²) in [7, 11) is 0. The highest BCUT2D eigenvalue weighted by Crippen LogP contribution is 2.20. The van der Waals surface area contributed by atoms with Crippen LogP contribution in [0.1, 0.15) is 19.4 Å². The lowest BCUT2D eigenvalue weighted by molar-refractivity contribution is -0.150. The van der Waals surface area contributed by atoms with Gasteiger partial charge in [0, 0.05) is 37.7 Å². The Morgan fingerprint density at radius 1 is 1.16 bits per heavy atom. The number of carbonyl (C=O) groups is 3. The molecule has 1 aromatic rings. The van der Waals surface area contributed by atoms with E-state index in [2.05, 4.69) is 5.32 Å². The molecular weight excluding hydrogens is 342 g/mol. The van der Waals surface area contributed by atoms with Crippen LogP contribution in [0.2, 0.25) is 5.02 Å². The van der Waals surface area contributed by atoms with E-state index in [-0.39, 0.29) is 11.8 Å². The number of nitrogens with zero attached hydrogens (tertiary/aromatic N) is 2. The van der Waals surface area contributed by atoms with E-state index >= 15 is 0 Å². The highest BCUT2D eigenvalue weighted by Gasteiger charge is 2.39. The third-order valence-corrected chi connectivity index (χ3v) is 4.72. The highest BCUT2D eigenvalue weighted by molar-refractivity contribution is 6.30. The first-order chi connectivity index (χ1) is 11.8. The van der Waals surface area contributed by atoms with Gasteiger partial charge in [0.2, 0.25) is 18.2 Å². The second-order valence-corrected chi connectivity index (χ2v) is 7.13. The molecule has 0 saturated carbocycles. The van der Waals surface area contributed by atoms with Crippen LogP contribution in [0, 0.1) is 5.41 Å². The van der Waals surface area contributed by atoms with Crippen LogP contribution in [-0.2, 0) is 20.8 Å². The maximum atomic E-state index is 12.7. The molecule has 1 N–H and O–H groups in total. The number of benzene rings is 1. The van der Waals surface area contributed by atoms with Crippen molar-refractivity contribution in [1.29, 1.82) is 0 Å². The maximum absolute atomic E-state index is 12.7. The molecule has 0 unspecified atom stereocenters. The minimum Gasteiger partial charge on any atom is -0.355 e. The zero-order valence-corrected chi connectivity index (χ0v) is 15.4. The number of amides is 3. The summed E-state index contributed by atoms with van der Waals surface area (Å²) in [6.45, 7) is 5.65. The lowest BCUT2D eigenvalue weighted by Gasteiger charge is -2.36. The molecule has 0 spiro atoms. The Balaban J connectivity index is 1.85. The smallest absolute Gasteiger partial charge is 0.237 e. The Bertz CT molecular complexity index is 623. The number of hydrogen-bond donors (Lipinski definition) is 1. The Labute approximate surface area is 153 Å². The molecule has 136 valence electrons. The van der Waals surface area contributed by atoms with Gasteiger partial charge in [0.05, 0.1) is 0 Å². The van der Waals surface area contributed by atoms with Crippen LogP contribution < -0.4 is 5.32 Å². The molecule has 1 fully saturated rings. The summed E-state index contributed by atoms with van der Waals surface area (Å²) in [6.07, 6.45) is 1.46. The van der Waals surface area contributed by atoms with Gasteiger partial charge in [0.1, 0.15) is 5.41 Å². The van der Waals surface area contributed by atoms with Gasteiger partial charge in [0.25, 0.3) is 0 Å². The Kier molecular flexibility index (Phi) is 6.42. The van der Waals surface area contributed by atoms with Crippen LogP contribution in [0.3, 0.4) is 0 Å². The van der Waals surface area contributed by atoms with Crippen LogP contribution in [-0.4, -0.2) is 60.7 Å². The second kappa shape index (κ2) is 8.34. The Morgan fingerprint density at radius 3 is 2.32 bits per heavy atom. The fourth-order valence-electron chi connectivity index (χ4n) is 2.72. The summed E-state index contributed by atoms with van der Waals surface area (Å²) in [5, 5.41) is 3.52. The van der Waals surface area contributed by atoms with Crippen molar-refractivity contribution in [1.82, 2.24) is 15.1 Å². The zero-order chi connectivity index (χ0) is 18.4. The molecule has 0 aromatic heterocycles. The number of hydrogen-bond acceptors (Lipinski definition) is 3. The van der Waals surface area contributed by atoms with Crippen molar-refractivity contribution in [2.45, 2.75) is 20.3 Å². The predicted molar refractivity (Wildman–Crippen MR) is 96.2 cm³/mol. The van der Waals surface area contributed by atoms with E-state index in [9.17, 15) is 14.4 Å². The van der Waals surface area contributed by atoms with Gasteiger partial charge in [0.15, 0.2) is 0 Å².